The van der Waals surface area contributed by atoms with Gasteiger partial charge >= 0.3 is 0 Å². The van der Waals surface area contributed by atoms with Gasteiger partial charge in [0.15, 0.2) is 0 Å². The van der Waals surface area contributed by atoms with Crippen LogP contribution in [-0.2, 0) is 9.59 Å². The number of nitro benzene ring substituents is 1. The topological polar surface area (TPSA) is 137 Å². The zero-order chi connectivity index (χ0) is 20.7. The molecule has 0 bridgehead atoms. The van der Waals surface area contributed by atoms with E-state index in [1.165, 1.54) is 25.1 Å². The molecule has 2 aromatic rings. The molecule has 0 aliphatic rings. The number of carbonyl (C=O) groups is 2. The van der Waals surface area contributed by atoms with Crippen LogP contribution in [0.4, 0.5) is 22.7 Å². The van der Waals surface area contributed by atoms with Crippen LogP contribution in [0.2, 0.25) is 5.02 Å². The summed E-state index contributed by atoms with van der Waals surface area (Å²) in [7, 11) is 0. The van der Waals surface area contributed by atoms with Crippen LogP contribution in [0.25, 0.3) is 0 Å². The van der Waals surface area contributed by atoms with Gasteiger partial charge in [0.1, 0.15) is 11.6 Å². The molecule has 0 unspecified atom stereocenters. The number of benzene rings is 2. The van der Waals surface area contributed by atoms with Crippen molar-refractivity contribution >= 4 is 46.2 Å². The lowest BCUT2D eigenvalue weighted by Crippen LogP contribution is -2.14. The summed E-state index contributed by atoms with van der Waals surface area (Å²) in [5.74, 6) is -0.916. The normalized spacial score (nSPS) is 10.5. The monoisotopic (exact) mass is 399 g/mol. The summed E-state index contributed by atoms with van der Waals surface area (Å²) in [6, 6.07) is 11.8. The van der Waals surface area contributed by atoms with E-state index in [0.717, 1.165) is 6.20 Å². The highest BCUT2D eigenvalue weighted by Crippen LogP contribution is 2.26. The number of non-ortho nitro benzene ring substituents is 1. The molecular formula is C18H14ClN5O4. The Morgan fingerprint density at radius 3 is 2.29 bits per heavy atom. The molecule has 2 aromatic carbocycles. The first-order chi connectivity index (χ1) is 13.3. The maximum Gasteiger partial charge on any atom is 0.271 e. The maximum absolute atomic E-state index is 12.2. The molecule has 0 aromatic heterocycles. The molecule has 0 saturated heterocycles. The van der Waals surface area contributed by atoms with Crippen LogP contribution in [0.5, 0.6) is 0 Å². The van der Waals surface area contributed by atoms with Crippen molar-refractivity contribution in [3.05, 3.63) is 69.4 Å². The van der Waals surface area contributed by atoms with Crippen LogP contribution in [0, 0.1) is 21.4 Å². The fraction of sp³-hybridized carbons (Fsp3) is 0.0556. The predicted molar refractivity (Wildman–Crippen MR) is 105 cm³/mol. The van der Waals surface area contributed by atoms with E-state index >= 15 is 0 Å². The molecule has 0 saturated carbocycles. The Hall–Kier alpha value is -3.90. The van der Waals surface area contributed by atoms with Gasteiger partial charge in [0, 0.05) is 36.6 Å². The van der Waals surface area contributed by atoms with Crippen molar-refractivity contribution in [1.82, 2.24) is 0 Å². The van der Waals surface area contributed by atoms with Gasteiger partial charge in [-0.05, 0) is 30.3 Å². The minimum absolute atomic E-state index is 0.177. The van der Waals surface area contributed by atoms with Crippen molar-refractivity contribution in [1.29, 1.82) is 5.26 Å². The molecule has 0 aliphatic heterocycles. The van der Waals surface area contributed by atoms with Gasteiger partial charge in [-0.3, -0.25) is 19.7 Å². The van der Waals surface area contributed by atoms with E-state index in [1.807, 2.05) is 0 Å². The molecule has 142 valence electrons. The van der Waals surface area contributed by atoms with Gasteiger partial charge < -0.3 is 16.0 Å². The van der Waals surface area contributed by atoms with Crippen LogP contribution in [0.15, 0.2) is 54.2 Å². The summed E-state index contributed by atoms with van der Waals surface area (Å²) in [5, 5.41) is 28.0. The smallest absolute Gasteiger partial charge is 0.271 e. The minimum atomic E-state index is -0.691. The van der Waals surface area contributed by atoms with Gasteiger partial charge in [-0.25, -0.2) is 0 Å². The minimum Gasteiger partial charge on any atom is -0.359 e. The van der Waals surface area contributed by atoms with E-state index in [0.29, 0.717) is 11.4 Å². The van der Waals surface area contributed by atoms with Gasteiger partial charge in [-0.1, -0.05) is 11.6 Å². The van der Waals surface area contributed by atoms with Crippen molar-refractivity contribution in [2.24, 2.45) is 0 Å². The molecular weight excluding hydrogens is 386 g/mol. The fourth-order valence-electron chi connectivity index (χ4n) is 2.07. The van der Waals surface area contributed by atoms with E-state index < -0.39 is 10.8 Å². The SMILES string of the molecule is CC(=O)Nc1ccc(NC(=O)/C(C#N)=C\Nc2cc([N+](=O)[O-])ccc2Cl)cc1. The highest BCUT2D eigenvalue weighted by atomic mass is 35.5. The zero-order valence-electron chi connectivity index (χ0n) is 14.5. The number of nitrogens with one attached hydrogen (secondary N) is 3. The lowest BCUT2D eigenvalue weighted by atomic mass is 10.2. The lowest BCUT2D eigenvalue weighted by Gasteiger charge is -2.07. The second-order valence-electron chi connectivity index (χ2n) is 5.45. The summed E-state index contributed by atoms with van der Waals surface area (Å²) in [6.07, 6.45) is 1.10. The third-order valence-corrected chi connectivity index (χ3v) is 3.69. The number of nitro groups is 1. The van der Waals surface area contributed by atoms with Gasteiger partial charge in [-0.15, -0.1) is 0 Å². The maximum atomic E-state index is 12.2. The highest BCUT2D eigenvalue weighted by Gasteiger charge is 2.12. The first-order valence-electron chi connectivity index (χ1n) is 7.80. The lowest BCUT2D eigenvalue weighted by molar-refractivity contribution is -0.384. The summed E-state index contributed by atoms with van der Waals surface area (Å²) >= 11 is 5.96. The molecule has 0 spiro atoms. The van der Waals surface area contributed by atoms with Crippen molar-refractivity contribution in [2.45, 2.75) is 6.92 Å². The molecule has 0 atom stereocenters. The molecule has 2 amide bonds. The first kappa shape index (κ1) is 20.4. The fourth-order valence-corrected chi connectivity index (χ4v) is 2.25. The van der Waals surface area contributed by atoms with Crippen molar-refractivity contribution in [2.75, 3.05) is 16.0 Å². The van der Waals surface area contributed by atoms with E-state index in [9.17, 15) is 25.0 Å². The van der Waals surface area contributed by atoms with Gasteiger partial charge in [0.05, 0.1) is 15.6 Å². The van der Waals surface area contributed by atoms with Crippen LogP contribution >= 0.6 is 11.6 Å². The Labute approximate surface area is 164 Å². The number of nitriles is 1. The Bertz CT molecular complexity index is 996. The first-order valence-corrected chi connectivity index (χ1v) is 8.17. The molecule has 28 heavy (non-hydrogen) atoms. The Morgan fingerprint density at radius 1 is 1.14 bits per heavy atom. The van der Waals surface area contributed by atoms with Gasteiger partial charge in [0.2, 0.25) is 5.91 Å². The molecule has 10 heteroatoms. The zero-order valence-corrected chi connectivity index (χ0v) is 15.3. The average Bonchev–Trinajstić information content (AvgIpc) is 2.64. The Morgan fingerprint density at radius 2 is 1.75 bits per heavy atom. The van der Waals surface area contributed by atoms with E-state index in [-0.39, 0.29) is 27.9 Å². The van der Waals surface area contributed by atoms with Crippen LogP contribution in [0.3, 0.4) is 0 Å². The van der Waals surface area contributed by atoms with Crippen LogP contribution < -0.4 is 16.0 Å². The molecule has 3 N–H and O–H groups in total. The van der Waals surface area contributed by atoms with Crippen LogP contribution in [-0.4, -0.2) is 16.7 Å². The summed E-state index contributed by atoms with van der Waals surface area (Å²) in [6.45, 7) is 1.38. The number of hydrogen-bond donors (Lipinski definition) is 3. The van der Waals surface area contributed by atoms with E-state index in [2.05, 4.69) is 16.0 Å². The number of hydrogen-bond acceptors (Lipinski definition) is 6. The third-order valence-electron chi connectivity index (χ3n) is 3.36. The number of nitrogens with zero attached hydrogens (tertiary/aromatic N) is 2. The summed E-state index contributed by atoms with van der Waals surface area (Å²) in [4.78, 5) is 33.5. The molecule has 2 rings (SSSR count). The number of halogens is 1. The quantitative estimate of drug-likeness (QED) is 0.293. The average molecular weight is 400 g/mol. The molecule has 0 aliphatic carbocycles. The number of rotatable bonds is 6. The van der Waals surface area contributed by atoms with E-state index in [4.69, 9.17) is 11.6 Å². The van der Waals surface area contributed by atoms with Crippen molar-refractivity contribution < 1.29 is 14.5 Å². The Kier molecular flexibility index (Phi) is 6.68. The number of amides is 2. The molecule has 0 fully saturated rings. The second-order valence-corrected chi connectivity index (χ2v) is 5.86. The standard InChI is InChI=1S/C18H14ClN5O4/c1-11(25)22-13-2-4-14(5-3-13)23-18(26)12(9-20)10-21-17-8-15(24(27)28)6-7-16(17)19/h2-8,10,21H,1H3,(H,22,25)(H,23,26)/b12-10-. The molecule has 0 radical (unpaired) electrons. The molecule has 9 nitrogen and oxygen atoms in total. The highest BCUT2D eigenvalue weighted by molar-refractivity contribution is 6.33. The van der Waals surface area contributed by atoms with Gasteiger partial charge in [0.25, 0.3) is 11.6 Å². The second kappa shape index (κ2) is 9.16. The van der Waals surface area contributed by atoms with E-state index in [1.54, 1.807) is 30.3 Å². The predicted octanol–water partition coefficient (Wildman–Crippen LogP) is 3.66. The number of anilines is 3. The largest absolute Gasteiger partial charge is 0.359 e. The van der Waals surface area contributed by atoms with Crippen molar-refractivity contribution in [3.8, 4) is 6.07 Å². The summed E-state index contributed by atoms with van der Waals surface area (Å²) < 4.78 is 0. The van der Waals surface area contributed by atoms with Crippen LogP contribution in [0.1, 0.15) is 6.92 Å². The Balaban J connectivity index is 2.11. The number of carbonyl (C=O) groups excluding carboxylic acids is 2. The van der Waals surface area contributed by atoms with Gasteiger partial charge in [-0.2, -0.15) is 5.26 Å². The third kappa shape index (κ3) is 5.55. The molecule has 0 heterocycles. The summed E-state index contributed by atoms with van der Waals surface area (Å²) in [5.41, 5.74) is 0.685. The van der Waals surface area contributed by atoms with Crippen molar-refractivity contribution in [3.63, 3.8) is 0 Å².